The fourth-order valence-electron chi connectivity index (χ4n) is 4.47. The van der Waals surface area contributed by atoms with Crippen molar-refractivity contribution in [3.8, 4) is 0 Å². The standard InChI is InChI=1S/C27H51O3P/c1-4-6-8-10-12-14-16-18-20-26-24-25(3)21-22-27(26)31(28,29,30)23-19-17-15-13-11-9-7-5-2/h21-22,24,28-30H,4-20,23H2,1-3H3. The molecule has 1 aromatic carbocycles. The summed E-state index contributed by atoms with van der Waals surface area (Å²) in [7, 11) is -4.80. The number of rotatable bonds is 19. The normalized spacial score (nSPS) is 13.3. The van der Waals surface area contributed by atoms with Gasteiger partial charge >= 0.3 is 193 Å². The van der Waals surface area contributed by atoms with E-state index >= 15 is 0 Å². The summed E-state index contributed by atoms with van der Waals surface area (Å²) in [4.78, 5) is 32.9. The molecule has 0 radical (unpaired) electrons. The Morgan fingerprint density at radius 1 is 0.613 bits per heavy atom. The van der Waals surface area contributed by atoms with Gasteiger partial charge in [-0.1, -0.05) is 0 Å². The summed E-state index contributed by atoms with van der Waals surface area (Å²) in [6.07, 6.45) is 19.9. The number of benzene rings is 1. The SMILES string of the molecule is CCCCCCCCCCc1cc(C)ccc1P(O)(O)(O)CCCCCCCCCC. The second-order valence-corrected chi connectivity index (χ2v) is 12.9. The summed E-state index contributed by atoms with van der Waals surface area (Å²) in [6, 6.07) is 5.69. The average Bonchev–Trinajstić information content (AvgIpc) is 2.71. The predicted octanol–water partition coefficient (Wildman–Crippen LogP) is 7.72. The topological polar surface area (TPSA) is 60.7 Å². The molecular weight excluding hydrogens is 403 g/mol. The summed E-state index contributed by atoms with van der Waals surface area (Å²) in [5, 5.41) is 0.405. The van der Waals surface area contributed by atoms with Crippen LogP contribution in [0, 0.1) is 6.92 Å². The molecule has 0 amide bonds. The molecule has 0 atom stereocenters. The van der Waals surface area contributed by atoms with Gasteiger partial charge in [0.1, 0.15) is 0 Å². The van der Waals surface area contributed by atoms with Crippen molar-refractivity contribution in [3.05, 3.63) is 29.3 Å². The molecule has 4 heteroatoms. The Labute approximate surface area is 192 Å². The first kappa shape index (κ1) is 28.6. The molecule has 182 valence electrons. The van der Waals surface area contributed by atoms with Gasteiger partial charge in [-0.25, -0.2) is 0 Å². The first-order valence-corrected chi connectivity index (χ1v) is 15.4. The summed E-state index contributed by atoms with van der Waals surface area (Å²) in [5.74, 6) is 0. The molecule has 0 bridgehead atoms. The molecule has 1 aromatic rings. The number of hydrogen-bond acceptors (Lipinski definition) is 3. The van der Waals surface area contributed by atoms with E-state index in [1.807, 2.05) is 19.1 Å². The van der Waals surface area contributed by atoms with Gasteiger partial charge in [0, 0.05) is 0 Å². The molecule has 0 saturated carbocycles. The Balaban J connectivity index is 2.52. The number of unbranched alkanes of at least 4 members (excludes halogenated alkanes) is 14. The van der Waals surface area contributed by atoms with Crippen molar-refractivity contribution in [2.45, 2.75) is 130 Å². The fourth-order valence-corrected chi connectivity index (χ4v) is 6.66. The van der Waals surface area contributed by atoms with Crippen LogP contribution in [0.25, 0.3) is 0 Å². The first-order chi connectivity index (χ1) is 14.8. The molecule has 3 N–H and O–H groups in total. The quantitative estimate of drug-likeness (QED) is 0.148. The predicted molar refractivity (Wildman–Crippen MR) is 138 cm³/mol. The van der Waals surface area contributed by atoms with E-state index in [0.29, 0.717) is 11.7 Å². The third kappa shape index (κ3) is 12.4. The Morgan fingerprint density at radius 2 is 1.06 bits per heavy atom. The molecule has 0 aromatic heterocycles. The van der Waals surface area contributed by atoms with Crippen LogP contribution in [0.5, 0.6) is 0 Å². The molecule has 0 heterocycles. The second-order valence-electron chi connectivity index (χ2n) is 9.71. The van der Waals surface area contributed by atoms with E-state index in [9.17, 15) is 14.7 Å². The summed E-state index contributed by atoms with van der Waals surface area (Å²) in [6.45, 7) is 6.50. The first-order valence-electron chi connectivity index (χ1n) is 13.1. The third-order valence-electron chi connectivity index (χ3n) is 6.45. The van der Waals surface area contributed by atoms with Gasteiger partial charge in [-0.2, -0.15) is 0 Å². The van der Waals surface area contributed by atoms with Crippen molar-refractivity contribution in [3.63, 3.8) is 0 Å². The maximum absolute atomic E-state index is 11.0. The van der Waals surface area contributed by atoms with E-state index in [1.165, 1.54) is 70.6 Å². The van der Waals surface area contributed by atoms with Gasteiger partial charge in [0.15, 0.2) is 0 Å². The molecule has 0 fully saturated rings. The monoisotopic (exact) mass is 454 g/mol. The summed E-state index contributed by atoms with van der Waals surface area (Å²) < 4.78 is 0. The molecule has 0 saturated heterocycles. The van der Waals surface area contributed by atoms with Crippen LogP contribution in [0.1, 0.15) is 128 Å². The van der Waals surface area contributed by atoms with E-state index in [1.54, 1.807) is 6.07 Å². The van der Waals surface area contributed by atoms with Crippen molar-refractivity contribution in [1.29, 1.82) is 0 Å². The van der Waals surface area contributed by atoms with Crippen LogP contribution >= 0.6 is 7.28 Å². The van der Waals surface area contributed by atoms with Gasteiger partial charge in [-0.3, -0.25) is 0 Å². The van der Waals surface area contributed by atoms with Crippen molar-refractivity contribution in [2.24, 2.45) is 0 Å². The number of aryl methyl sites for hydroxylation is 2. The van der Waals surface area contributed by atoms with Crippen molar-refractivity contribution in [1.82, 2.24) is 0 Å². The van der Waals surface area contributed by atoms with Gasteiger partial charge in [0.25, 0.3) is 0 Å². The van der Waals surface area contributed by atoms with Crippen LogP contribution in [0.2, 0.25) is 0 Å². The Hall–Kier alpha value is -0.470. The summed E-state index contributed by atoms with van der Waals surface area (Å²) in [5.41, 5.74) is 2.04. The van der Waals surface area contributed by atoms with Crippen molar-refractivity contribution in [2.75, 3.05) is 6.16 Å². The Bertz CT molecular complexity index is 592. The zero-order chi connectivity index (χ0) is 23.0. The molecule has 0 aliphatic rings. The molecular formula is C27H51O3P. The van der Waals surface area contributed by atoms with Crippen molar-refractivity contribution < 1.29 is 14.7 Å². The maximum atomic E-state index is 11.0. The van der Waals surface area contributed by atoms with Crippen LogP contribution in [-0.4, -0.2) is 20.8 Å². The van der Waals surface area contributed by atoms with Crippen molar-refractivity contribution >= 4 is 12.6 Å². The van der Waals surface area contributed by atoms with E-state index in [4.69, 9.17) is 0 Å². The summed E-state index contributed by atoms with van der Waals surface area (Å²) >= 11 is 0. The van der Waals surface area contributed by atoms with E-state index in [2.05, 4.69) is 13.8 Å². The Morgan fingerprint density at radius 3 is 1.58 bits per heavy atom. The Kier molecular flexibility index (Phi) is 14.2. The zero-order valence-electron chi connectivity index (χ0n) is 20.7. The van der Waals surface area contributed by atoms with Crippen LogP contribution in [0.15, 0.2) is 18.2 Å². The minimum atomic E-state index is -4.80. The van der Waals surface area contributed by atoms with Gasteiger partial charge < -0.3 is 0 Å². The molecule has 0 spiro atoms. The van der Waals surface area contributed by atoms with Gasteiger partial charge in [-0.15, -0.1) is 0 Å². The number of hydrogen-bond donors (Lipinski definition) is 3. The molecule has 31 heavy (non-hydrogen) atoms. The van der Waals surface area contributed by atoms with Gasteiger partial charge in [0.05, 0.1) is 0 Å². The molecule has 0 aliphatic heterocycles. The molecule has 1 rings (SSSR count). The zero-order valence-corrected chi connectivity index (χ0v) is 21.6. The van der Waals surface area contributed by atoms with Crippen LogP contribution < -0.4 is 5.30 Å². The minimum absolute atomic E-state index is 0.0913. The van der Waals surface area contributed by atoms with Crippen LogP contribution in [-0.2, 0) is 6.42 Å². The van der Waals surface area contributed by atoms with E-state index < -0.39 is 7.28 Å². The van der Waals surface area contributed by atoms with Crippen LogP contribution in [0.3, 0.4) is 0 Å². The fraction of sp³-hybridized carbons (Fsp3) is 0.778. The third-order valence-corrected chi connectivity index (χ3v) is 9.01. The molecule has 0 unspecified atom stereocenters. The van der Waals surface area contributed by atoms with E-state index in [0.717, 1.165) is 43.2 Å². The van der Waals surface area contributed by atoms with Gasteiger partial charge in [0.2, 0.25) is 0 Å². The van der Waals surface area contributed by atoms with Crippen LogP contribution in [0.4, 0.5) is 0 Å². The van der Waals surface area contributed by atoms with Gasteiger partial charge in [-0.05, 0) is 0 Å². The average molecular weight is 455 g/mol. The molecule has 3 nitrogen and oxygen atoms in total. The van der Waals surface area contributed by atoms with E-state index in [-0.39, 0.29) is 6.16 Å². The molecule has 0 aliphatic carbocycles. The second kappa shape index (κ2) is 15.4.